The van der Waals surface area contributed by atoms with E-state index in [2.05, 4.69) is 18.8 Å². The summed E-state index contributed by atoms with van der Waals surface area (Å²) in [5.74, 6) is -1.34. The predicted octanol–water partition coefficient (Wildman–Crippen LogP) is 1.96. The van der Waals surface area contributed by atoms with Crippen LogP contribution in [0.5, 0.6) is 0 Å². The molecule has 0 aliphatic heterocycles. The molecule has 0 spiro atoms. The molecule has 2 unspecified atom stereocenters. The van der Waals surface area contributed by atoms with Crippen LogP contribution in [0.1, 0.15) is 39.5 Å². The number of hydrogen-bond acceptors (Lipinski definition) is 2. The average molecular weight is 227 g/mol. The first-order valence-electron chi connectivity index (χ1n) is 5.67. The van der Waals surface area contributed by atoms with Gasteiger partial charge >= 0.3 is 5.97 Å². The van der Waals surface area contributed by atoms with Crippen molar-refractivity contribution in [1.29, 1.82) is 0 Å². The summed E-state index contributed by atoms with van der Waals surface area (Å²) < 4.78 is 0. The van der Waals surface area contributed by atoms with Crippen molar-refractivity contribution in [1.82, 2.24) is 5.32 Å². The van der Waals surface area contributed by atoms with Gasteiger partial charge in [-0.15, -0.1) is 6.58 Å². The molecule has 0 saturated heterocycles. The zero-order valence-electron chi connectivity index (χ0n) is 10.0. The van der Waals surface area contributed by atoms with Crippen molar-refractivity contribution >= 4 is 11.9 Å². The van der Waals surface area contributed by atoms with Crippen molar-refractivity contribution < 1.29 is 14.7 Å². The van der Waals surface area contributed by atoms with Gasteiger partial charge in [0, 0.05) is 5.92 Å². The van der Waals surface area contributed by atoms with Crippen LogP contribution in [0.15, 0.2) is 12.7 Å². The Kier molecular flexibility index (Phi) is 7.25. The van der Waals surface area contributed by atoms with Crippen molar-refractivity contribution in [2.75, 3.05) is 0 Å². The van der Waals surface area contributed by atoms with E-state index in [4.69, 9.17) is 5.11 Å². The van der Waals surface area contributed by atoms with Gasteiger partial charge in [0.1, 0.15) is 6.04 Å². The minimum atomic E-state index is -1.02. The highest BCUT2D eigenvalue weighted by Gasteiger charge is 2.21. The largest absolute Gasteiger partial charge is 0.480 e. The van der Waals surface area contributed by atoms with Gasteiger partial charge in [-0.25, -0.2) is 4.79 Å². The van der Waals surface area contributed by atoms with E-state index >= 15 is 0 Å². The summed E-state index contributed by atoms with van der Waals surface area (Å²) in [5, 5.41) is 11.4. The summed E-state index contributed by atoms with van der Waals surface area (Å²) in [7, 11) is 0. The topological polar surface area (TPSA) is 66.4 Å². The number of rotatable bonds is 8. The number of carbonyl (C=O) groups excluding carboxylic acids is 1. The van der Waals surface area contributed by atoms with Gasteiger partial charge in [0.25, 0.3) is 0 Å². The van der Waals surface area contributed by atoms with Gasteiger partial charge in [-0.1, -0.05) is 32.8 Å². The van der Waals surface area contributed by atoms with Crippen LogP contribution < -0.4 is 5.32 Å². The quantitative estimate of drug-likeness (QED) is 0.623. The number of carbonyl (C=O) groups is 2. The highest BCUT2D eigenvalue weighted by molar-refractivity contribution is 5.84. The Balaban J connectivity index is 4.17. The van der Waals surface area contributed by atoms with E-state index in [1.807, 2.05) is 6.92 Å². The van der Waals surface area contributed by atoms with Crippen LogP contribution >= 0.6 is 0 Å². The zero-order chi connectivity index (χ0) is 12.6. The summed E-state index contributed by atoms with van der Waals surface area (Å²) in [6, 6.07) is -0.853. The number of aliphatic carboxylic acids is 1. The van der Waals surface area contributed by atoms with E-state index in [1.165, 1.54) is 6.08 Å². The average Bonchev–Trinajstić information content (AvgIpc) is 2.24. The first-order chi connectivity index (χ1) is 7.52. The molecule has 0 rings (SSSR count). The van der Waals surface area contributed by atoms with Gasteiger partial charge in [0.05, 0.1) is 0 Å². The molecule has 0 aromatic carbocycles. The maximum Gasteiger partial charge on any atom is 0.326 e. The lowest BCUT2D eigenvalue weighted by molar-refractivity contribution is -0.142. The van der Waals surface area contributed by atoms with Crippen molar-refractivity contribution in [3.63, 3.8) is 0 Å². The summed E-state index contributed by atoms with van der Waals surface area (Å²) >= 11 is 0. The number of nitrogens with one attached hydrogen (secondary N) is 1. The van der Waals surface area contributed by atoms with Gasteiger partial charge in [-0.05, 0) is 12.8 Å². The fourth-order valence-corrected chi connectivity index (χ4v) is 1.34. The van der Waals surface area contributed by atoms with Gasteiger partial charge in [0.2, 0.25) is 5.91 Å². The fraction of sp³-hybridized carbons (Fsp3) is 0.667. The smallest absolute Gasteiger partial charge is 0.326 e. The lowest BCUT2D eigenvalue weighted by atomic mass is 10.0. The minimum Gasteiger partial charge on any atom is -0.480 e. The zero-order valence-corrected chi connectivity index (χ0v) is 10.0. The Hall–Kier alpha value is -1.32. The molecule has 2 atom stereocenters. The van der Waals surface area contributed by atoms with E-state index in [0.29, 0.717) is 0 Å². The number of unbranched alkanes of at least 4 members (excludes halogenated alkanes) is 1. The second-order valence-electron chi connectivity index (χ2n) is 3.97. The van der Waals surface area contributed by atoms with Crippen LogP contribution in [0.4, 0.5) is 0 Å². The monoisotopic (exact) mass is 227 g/mol. The normalized spacial score (nSPS) is 13.9. The molecule has 16 heavy (non-hydrogen) atoms. The Labute approximate surface area is 96.7 Å². The van der Waals surface area contributed by atoms with E-state index in [9.17, 15) is 9.59 Å². The third-order valence-corrected chi connectivity index (χ3v) is 2.46. The molecule has 92 valence electrons. The van der Waals surface area contributed by atoms with Crippen molar-refractivity contribution in [2.45, 2.75) is 45.6 Å². The number of carboxylic acid groups (broad SMARTS) is 1. The van der Waals surface area contributed by atoms with E-state index in [0.717, 1.165) is 19.3 Å². The molecular formula is C12H21NO3. The maximum absolute atomic E-state index is 11.6. The Bertz CT molecular complexity index is 251. The molecule has 2 N–H and O–H groups in total. The lowest BCUT2D eigenvalue weighted by Gasteiger charge is -2.16. The predicted molar refractivity (Wildman–Crippen MR) is 63.1 cm³/mol. The Morgan fingerprint density at radius 1 is 1.50 bits per heavy atom. The first-order valence-corrected chi connectivity index (χ1v) is 5.67. The molecule has 0 saturated carbocycles. The fourth-order valence-electron chi connectivity index (χ4n) is 1.34. The molecule has 0 aromatic heterocycles. The van der Waals surface area contributed by atoms with Crippen LogP contribution in [0.2, 0.25) is 0 Å². The van der Waals surface area contributed by atoms with E-state index in [-0.39, 0.29) is 18.2 Å². The molecule has 0 radical (unpaired) electrons. The highest BCUT2D eigenvalue weighted by Crippen LogP contribution is 2.08. The molecular weight excluding hydrogens is 206 g/mol. The second kappa shape index (κ2) is 7.91. The van der Waals surface area contributed by atoms with Gasteiger partial charge in [-0.2, -0.15) is 0 Å². The summed E-state index contributed by atoms with van der Waals surface area (Å²) in [5.41, 5.74) is 0. The van der Waals surface area contributed by atoms with Crippen molar-refractivity contribution in [3.8, 4) is 0 Å². The minimum absolute atomic E-state index is 0.133. The Morgan fingerprint density at radius 3 is 2.56 bits per heavy atom. The maximum atomic E-state index is 11.6. The van der Waals surface area contributed by atoms with Gasteiger partial charge in [-0.3, -0.25) is 4.79 Å². The lowest BCUT2D eigenvalue weighted by Crippen LogP contribution is -2.42. The molecule has 0 fully saturated rings. The molecule has 4 nitrogen and oxygen atoms in total. The third-order valence-electron chi connectivity index (χ3n) is 2.46. The van der Waals surface area contributed by atoms with E-state index < -0.39 is 12.0 Å². The summed E-state index contributed by atoms with van der Waals surface area (Å²) in [6.07, 6.45) is 4.56. The number of hydrogen-bond donors (Lipinski definition) is 2. The number of amides is 1. The molecule has 0 aliphatic carbocycles. The van der Waals surface area contributed by atoms with Crippen LogP contribution in [0.3, 0.4) is 0 Å². The van der Waals surface area contributed by atoms with Crippen molar-refractivity contribution in [3.05, 3.63) is 12.7 Å². The second-order valence-corrected chi connectivity index (χ2v) is 3.97. The SMILES string of the molecule is C=CCC(NC(=O)C(C)CCCC)C(=O)O. The standard InChI is InChI=1S/C12H21NO3/c1-4-6-8-9(3)11(14)13-10(7-5-2)12(15)16/h5,9-10H,2,4,6-8H2,1,3H3,(H,13,14)(H,15,16). The number of carboxylic acids is 1. The highest BCUT2D eigenvalue weighted by atomic mass is 16.4. The van der Waals surface area contributed by atoms with E-state index in [1.54, 1.807) is 0 Å². The molecule has 0 aliphatic rings. The van der Waals surface area contributed by atoms with Gasteiger partial charge < -0.3 is 10.4 Å². The summed E-state index contributed by atoms with van der Waals surface area (Å²) in [6.45, 7) is 7.35. The van der Waals surface area contributed by atoms with Gasteiger partial charge in [0.15, 0.2) is 0 Å². The van der Waals surface area contributed by atoms with Crippen LogP contribution in [-0.4, -0.2) is 23.0 Å². The first kappa shape index (κ1) is 14.7. The van der Waals surface area contributed by atoms with Crippen LogP contribution in [0, 0.1) is 5.92 Å². The Morgan fingerprint density at radius 2 is 2.12 bits per heavy atom. The summed E-state index contributed by atoms with van der Waals surface area (Å²) in [4.78, 5) is 22.4. The molecule has 0 heterocycles. The molecule has 0 bridgehead atoms. The van der Waals surface area contributed by atoms with Crippen LogP contribution in [-0.2, 0) is 9.59 Å². The molecule has 1 amide bonds. The van der Waals surface area contributed by atoms with Crippen LogP contribution in [0.25, 0.3) is 0 Å². The van der Waals surface area contributed by atoms with Crippen molar-refractivity contribution in [2.24, 2.45) is 5.92 Å². The molecule has 0 aromatic rings. The third kappa shape index (κ3) is 5.53. The molecule has 4 heteroatoms.